The Morgan fingerprint density at radius 3 is 2.48 bits per heavy atom. The summed E-state index contributed by atoms with van der Waals surface area (Å²) < 4.78 is 6.34. The van der Waals surface area contributed by atoms with E-state index in [0.717, 1.165) is 5.56 Å². The minimum absolute atomic E-state index is 0.183. The van der Waals surface area contributed by atoms with Crippen LogP contribution in [-0.2, 0) is 4.74 Å². The Hall–Kier alpha value is -2.88. The summed E-state index contributed by atoms with van der Waals surface area (Å²) in [5.74, 6) is -0.461. The summed E-state index contributed by atoms with van der Waals surface area (Å²) in [6, 6.07) is 16.1. The second-order valence-corrected chi connectivity index (χ2v) is 4.58. The van der Waals surface area contributed by atoms with Crippen LogP contribution < -0.4 is 5.56 Å². The molecule has 0 saturated heterocycles. The molecule has 0 atom stereocenters. The maximum absolute atomic E-state index is 12.2. The van der Waals surface area contributed by atoms with E-state index in [0.29, 0.717) is 16.6 Å². The number of methoxy groups -OCH3 is 1. The summed E-state index contributed by atoms with van der Waals surface area (Å²) in [5.41, 5.74) is 2.14. The van der Waals surface area contributed by atoms with Crippen molar-refractivity contribution in [3.05, 3.63) is 76.7 Å². The highest BCUT2D eigenvalue weighted by atomic mass is 16.5. The van der Waals surface area contributed by atoms with Gasteiger partial charge in [-0.15, -0.1) is 0 Å². The number of pyridine rings is 2. The lowest BCUT2D eigenvalue weighted by molar-refractivity contribution is 0.0603. The first-order chi connectivity index (χ1) is 10.2. The van der Waals surface area contributed by atoms with Crippen molar-refractivity contribution in [2.45, 2.75) is 0 Å². The summed E-state index contributed by atoms with van der Waals surface area (Å²) >= 11 is 0. The van der Waals surface area contributed by atoms with Crippen molar-refractivity contribution in [1.29, 1.82) is 0 Å². The number of rotatable bonds is 2. The van der Waals surface area contributed by atoms with Crippen molar-refractivity contribution in [2.24, 2.45) is 0 Å². The second kappa shape index (κ2) is 5.25. The third-order valence-corrected chi connectivity index (χ3v) is 3.36. The monoisotopic (exact) mass is 279 g/mol. The second-order valence-electron chi connectivity index (χ2n) is 4.58. The number of fused-ring (bicyclic) bond motifs is 1. The van der Waals surface area contributed by atoms with Gasteiger partial charge < -0.3 is 4.74 Å². The highest BCUT2D eigenvalue weighted by molar-refractivity contribution is 6.03. The molecule has 3 aromatic rings. The number of hydrogen-bond donors (Lipinski definition) is 0. The van der Waals surface area contributed by atoms with Crippen LogP contribution in [0.25, 0.3) is 16.6 Å². The average molecular weight is 279 g/mol. The van der Waals surface area contributed by atoms with Crippen molar-refractivity contribution in [3.63, 3.8) is 0 Å². The highest BCUT2D eigenvalue weighted by Gasteiger charge is 2.18. The smallest absolute Gasteiger partial charge is 0.340 e. The number of benzene rings is 1. The fourth-order valence-corrected chi connectivity index (χ4v) is 2.40. The molecule has 0 bridgehead atoms. The van der Waals surface area contributed by atoms with Crippen LogP contribution in [0.2, 0.25) is 0 Å². The van der Waals surface area contributed by atoms with Gasteiger partial charge in [-0.05, 0) is 17.7 Å². The van der Waals surface area contributed by atoms with E-state index in [4.69, 9.17) is 4.74 Å². The number of esters is 1. The topological polar surface area (TPSA) is 47.8 Å². The van der Waals surface area contributed by atoms with Crippen LogP contribution in [0.3, 0.4) is 0 Å². The number of hydrogen-bond acceptors (Lipinski definition) is 3. The molecule has 0 amide bonds. The number of ether oxygens (including phenoxy) is 1. The minimum Gasteiger partial charge on any atom is -0.465 e. The lowest BCUT2D eigenvalue weighted by Gasteiger charge is -2.12. The molecule has 0 N–H and O–H groups in total. The van der Waals surface area contributed by atoms with Crippen LogP contribution in [0.5, 0.6) is 0 Å². The summed E-state index contributed by atoms with van der Waals surface area (Å²) in [5, 5.41) is 0. The molecule has 0 radical (unpaired) electrons. The predicted octanol–water partition coefficient (Wildman–Crippen LogP) is 2.75. The normalized spacial score (nSPS) is 10.5. The molecular weight excluding hydrogens is 266 g/mol. The fraction of sp³-hybridized carbons (Fsp3) is 0.0588. The van der Waals surface area contributed by atoms with E-state index in [1.165, 1.54) is 17.6 Å². The third kappa shape index (κ3) is 2.21. The zero-order valence-electron chi connectivity index (χ0n) is 11.4. The van der Waals surface area contributed by atoms with Crippen molar-refractivity contribution in [3.8, 4) is 11.1 Å². The van der Waals surface area contributed by atoms with Crippen LogP contribution in [0.15, 0.2) is 65.6 Å². The molecule has 2 aromatic heterocycles. The number of nitrogens with zero attached hydrogens (tertiary/aromatic N) is 1. The highest BCUT2D eigenvalue weighted by Crippen LogP contribution is 2.26. The molecule has 4 nitrogen and oxygen atoms in total. The fourth-order valence-electron chi connectivity index (χ4n) is 2.40. The van der Waals surface area contributed by atoms with Crippen molar-refractivity contribution in [1.82, 2.24) is 4.40 Å². The lowest BCUT2D eigenvalue weighted by atomic mass is 9.99. The van der Waals surface area contributed by atoms with Crippen molar-refractivity contribution < 1.29 is 9.53 Å². The van der Waals surface area contributed by atoms with Crippen molar-refractivity contribution >= 4 is 11.5 Å². The summed E-state index contributed by atoms with van der Waals surface area (Å²) in [4.78, 5) is 24.4. The van der Waals surface area contributed by atoms with Gasteiger partial charge in [0.25, 0.3) is 5.56 Å². The zero-order valence-corrected chi connectivity index (χ0v) is 11.4. The Labute approximate surface area is 121 Å². The molecule has 0 spiro atoms. The van der Waals surface area contributed by atoms with Crippen LogP contribution in [-0.4, -0.2) is 17.5 Å². The summed E-state index contributed by atoms with van der Waals surface area (Å²) in [7, 11) is 1.33. The molecule has 0 saturated carbocycles. The Morgan fingerprint density at radius 2 is 1.76 bits per heavy atom. The van der Waals surface area contributed by atoms with E-state index >= 15 is 0 Å². The van der Waals surface area contributed by atoms with Gasteiger partial charge in [-0.1, -0.05) is 36.4 Å². The molecule has 0 aliphatic heterocycles. The van der Waals surface area contributed by atoms with E-state index in [9.17, 15) is 9.59 Å². The molecule has 1 aromatic carbocycles. The molecule has 4 heteroatoms. The molecular formula is C17H13NO3. The van der Waals surface area contributed by atoms with Crippen LogP contribution >= 0.6 is 0 Å². The van der Waals surface area contributed by atoms with Gasteiger partial charge in [0.2, 0.25) is 0 Å². The molecule has 2 heterocycles. The third-order valence-electron chi connectivity index (χ3n) is 3.36. The van der Waals surface area contributed by atoms with Gasteiger partial charge in [0, 0.05) is 17.8 Å². The lowest BCUT2D eigenvalue weighted by Crippen LogP contribution is -2.17. The maximum Gasteiger partial charge on any atom is 0.340 e. The molecule has 21 heavy (non-hydrogen) atoms. The first-order valence-corrected chi connectivity index (χ1v) is 6.50. The minimum atomic E-state index is -0.461. The van der Waals surface area contributed by atoms with Crippen molar-refractivity contribution in [2.75, 3.05) is 7.11 Å². The molecule has 0 aliphatic rings. The number of carbonyl (C=O) groups is 1. The first-order valence-electron chi connectivity index (χ1n) is 6.50. The number of carbonyl (C=O) groups excluding carboxylic acids is 1. The Bertz CT molecular complexity index is 866. The van der Waals surface area contributed by atoms with E-state index in [2.05, 4.69) is 0 Å². The zero-order chi connectivity index (χ0) is 14.8. The molecule has 0 aliphatic carbocycles. The molecule has 0 fully saturated rings. The van der Waals surface area contributed by atoms with Gasteiger partial charge >= 0.3 is 5.97 Å². The van der Waals surface area contributed by atoms with Crippen LogP contribution in [0.4, 0.5) is 0 Å². The maximum atomic E-state index is 12.2. The summed E-state index contributed by atoms with van der Waals surface area (Å²) in [6.07, 6.45) is 1.64. The Morgan fingerprint density at radius 1 is 1.05 bits per heavy atom. The van der Waals surface area contributed by atoms with E-state index in [1.54, 1.807) is 24.4 Å². The first kappa shape index (κ1) is 13.1. The Balaban J connectivity index is 2.44. The number of aromatic nitrogens is 1. The molecule has 104 valence electrons. The van der Waals surface area contributed by atoms with Gasteiger partial charge in [0.1, 0.15) is 0 Å². The predicted molar refractivity (Wildman–Crippen MR) is 80.4 cm³/mol. The van der Waals surface area contributed by atoms with E-state index in [1.807, 2.05) is 30.3 Å². The molecule has 0 unspecified atom stereocenters. The largest absolute Gasteiger partial charge is 0.465 e. The molecule has 3 rings (SSSR count). The van der Waals surface area contributed by atoms with E-state index < -0.39 is 5.97 Å². The Kier molecular flexibility index (Phi) is 3.28. The summed E-state index contributed by atoms with van der Waals surface area (Å²) in [6.45, 7) is 0. The van der Waals surface area contributed by atoms with Crippen LogP contribution in [0.1, 0.15) is 10.4 Å². The van der Waals surface area contributed by atoms with Gasteiger partial charge in [0.05, 0.1) is 18.2 Å². The quantitative estimate of drug-likeness (QED) is 0.678. The van der Waals surface area contributed by atoms with Gasteiger partial charge in [-0.3, -0.25) is 9.20 Å². The average Bonchev–Trinajstić information content (AvgIpc) is 2.55. The van der Waals surface area contributed by atoms with Gasteiger partial charge in [-0.2, -0.15) is 0 Å². The van der Waals surface area contributed by atoms with Crippen LogP contribution in [0, 0.1) is 0 Å². The van der Waals surface area contributed by atoms with E-state index in [-0.39, 0.29) is 5.56 Å². The standard InChI is InChI=1S/C17H13NO3/c1-21-17(20)16-13(12-7-3-2-4-8-12)11-15(19)18-10-6-5-9-14(16)18/h2-11H,1H3. The SMILES string of the molecule is COC(=O)c1c(-c2ccccc2)cc(=O)n2ccccc12. The van der Waals surface area contributed by atoms with Gasteiger partial charge in [-0.25, -0.2) is 4.79 Å². The van der Waals surface area contributed by atoms with Gasteiger partial charge in [0.15, 0.2) is 0 Å².